The standard InChI is InChI=1S/C27H36/c1-25(2,3)22-11-10-18-12-19(13-20(18)14-22)21-15-23(26(4,5)6)17-24(16-21)27(7,8)9/h10-11,13-17H,12H2,1-9H3. The van der Waals surface area contributed by atoms with Gasteiger partial charge in [0, 0.05) is 0 Å². The minimum absolute atomic E-state index is 0.154. The maximum absolute atomic E-state index is 2.42. The van der Waals surface area contributed by atoms with Gasteiger partial charge in [0.15, 0.2) is 0 Å². The molecule has 0 heteroatoms. The van der Waals surface area contributed by atoms with Gasteiger partial charge in [0.05, 0.1) is 0 Å². The normalized spacial score (nSPS) is 14.9. The molecular weight excluding hydrogens is 324 g/mol. The van der Waals surface area contributed by atoms with Crippen molar-refractivity contribution in [3.05, 3.63) is 69.8 Å². The van der Waals surface area contributed by atoms with Gasteiger partial charge in [-0.05, 0) is 61.6 Å². The predicted octanol–water partition coefficient (Wildman–Crippen LogP) is 7.68. The second-order valence-corrected chi connectivity index (χ2v) is 11.3. The van der Waals surface area contributed by atoms with Crippen molar-refractivity contribution in [1.82, 2.24) is 0 Å². The Labute approximate surface area is 166 Å². The molecule has 0 N–H and O–H groups in total. The summed E-state index contributed by atoms with van der Waals surface area (Å²) in [7, 11) is 0. The molecule has 0 saturated heterocycles. The maximum Gasteiger partial charge on any atom is -0.00137 e. The number of allylic oxidation sites excluding steroid dienone is 1. The third kappa shape index (κ3) is 4.21. The average molecular weight is 361 g/mol. The van der Waals surface area contributed by atoms with E-state index in [-0.39, 0.29) is 16.2 Å². The van der Waals surface area contributed by atoms with Crippen LogP contribution in [-0.4, -0.2) is 0 Å². The molecule has 144 valence electrons. The summed E-state index contributed by atoms with van der Waals surface area (Å²) in [5.74, 6) is 0. The molecule has 0 heterocycles. The van der Waals surface area contributed by atoms with Crippen LogP contribution in [0.2, 0.25) is 0 Å². The molecule has 0 bridgehead atoms. The molecule has 0 aromatic heterocycles. The molecule has 0 nitrogen and oxygen atoms in total. The summed E-state index contributed by atoms with van der Waals surface area (Å²) in [6.45, 7) is 20.7. The molecule has 27 heavy (non-hydrogen) atoms. The van der Waals surface area contributed by atoms with Crippen molar-refractivity contribution in [2.45, 2.75) is 85.0 Å². The van der Waals surface area contributed by atoms with Gasteiger partial charge in [0.1, 0.15) is 0 Å². The third-order valence-corrected chi connectivity index (χ3v) is 5.76. The van der Waals surface area contributed by atoms with Crippen LogP contribution in [-0.2, 0) is 22.7 Å². The largest absolute Gasteiger partial charge is 0.0582 e. The van der Waals surface area contributed by atoms with Crippen molar-refractivity contribution in [3.8, 4) is 0 Å². The van der Waals surface area contributed by atoms with Gasteiger partial charge < -0.3 is 0 Å². The van der Waals surface area contributed by atoms with Crippen molar-refractivity contribution < 1.29 is 0 Å². The number of rotatable bonds is 1. The Morgan fingerprint density at radius 1 is 0.593 bits per heavy atom. The van der Waals surface area contributed by atoms with E-state index in [0.717, 1.165) is 6.42 Å². The number of benzene rings is 2. The van der Waals surface area contributed by atoms with Gasteiger partial charge in [-0.1, -0.05) is 105 Å². The third-order valence-electron chi connectivity index (χ3n) is 5.76. The summed E-state index contributed by atoms with van der Waals surface area (Å²) in [5, 5.41) is 0. The van der Waals surface area contributed by atoms with E-state index in [1.54, 1.807) is 0 Å². The van der Waals surface area contributed by atoms with E-state index in [2.05, 4.69) is 105 Å². The number of hydrogen-bond acceptors (Lipinski definition) is 0. The molecule has 3 rings (SSSR count). The second-order valence-electron chi connectivity index (χ2n) is 11.3. The molecule has 1 aliphatic carbocycles. The van der Waals surface area contributed by atoms with Gasteiger partial charge in [0.25, 0.3) is 0 Å². The second kappa shape index (κ2) is 6.36. The Kier molecular flexibility index (Phi) is 4.70. The Morgan fingerprint density at radius 3 is 1.59 bits per heavy atom. The molecule has 0 unspecified atom stereocenters. The van der Waals surface area contributed by atoms with Gasteiger partial charge in [0.2, 0.25) is 0 Å². The van der Waals surface area contributed by atoms with Crippen LogP contribution in [0.3, 0.4) is 0 Å². The highest BCUT2D eigenvalue weighted by atomic mass is 14.3. The van der Waals surface area contributed by atoms with E-state index < -0.39 is 0 Å². The summed E-state index contributed by atoms with van der Waals surface area (Å²) >= 11 is 0. The van der Waals surface area contributed by atoms with E-state index >= 15 is 0 Å². The van der Waals surface area contributed by atoms with Crippen LogP contribution in [0.15, 0.2) is 36.4 Å². The zero-order valence-electron chi connectivity index (χ0n) is 18.7. The first-order valence-corrected chi connectivity index (χ1v) is 10.3. The Morgan fingerprint density at radius 2 is 1.11 bits per heavy atom. The summed E-state index contributed by atoms with van der Waals surface area (Å²) in [4.78, 5) is 0. The first-order valence-electron chi connectivity index (χ1n) is 10.3. The summed E-state index contributed by atoms with van der Waals surface area (Å²) in [6.07, 6.45) is 3.45. The quantitative estimate of drug-likeness (QED) is 0.489. The van der Waals surface area contributed by atoms with Gasteiger partial charge in [-0.3, -0.25) is 0 Å². The first kappa shape index (κ1) is 19.9. The fourth-order valence-corrected chi connectivity index (χ4v) is 3.67. The van der Waals surface area contributed by atoms with Crippen molar-refractivity contribution >= 4 is 11.6 Å². The van der Waals surface area contributed by atoms with E-state index in [0.29, 0.717) is 0 Å². The lowest BCUT2D eigenvalue weighted by Gasteiger charge is -2.26. The van der Waals surface area contributed by atoms with Crippen LogP contribution in [0, 0.1) is 0 Å². The van der Waals surface area contributed by atoms with Gasteiger partial charge in [-0.25, -0.2) is 0 Å². The lowest BCUT2D eigenvalue weighted by molar-refractivity contribution is 0.568. The highest BCUT2D eigenvalue weighted by Crippen LogP contribution is 2.38. The Balaban J connectivity index is 2.08. The molecular formula is C27H36. The summed E-state index contributed by atoms with van der Waals surface area (Å²) in [5.41, 5.74) is 10.5. The lowest BCUT2D eigenvalue weighted by Crippen LogP contribution is -2.17. The maximum atomic E-state index is 2.42. The smallest absolute Gasteiger partial charge is 0.00137 e. The summed E-state index contributed by atoms with van der Waals surface area (Å²) < 4.78 is 0. The first-order chi connectivity index (χ1) is 12.2. The molecule has 0 amide bonds. The van der Waals surface area contributed by atoms with E-state index in [9.17, 15) is 0 Å². The van der Waals surface area contributed by atoms with Crippen LogP contribution in [0.4, 0.5) is 0 Å². The molecule has 2 aromatic rings. The van der Waals surface area contributed by atoms with Gasteiger partial charge in [-0.2, -0.15) is 0 Å². The molecule has 0 radical (unpaired) electrons. The van der Waals surface area contributed by atoms with Crippen LogP contribution in [0.5, 0.6) is 0 Å². The molecule has 2 aromatic carbocycles. The Hall–Kier alpha value is -1.82. The van der Waals surface area contributed by atoms with Crippen LogP contribution < -0.4 is 0 Å². The van der Waals surface area contributed by atoms with Crippen molar-refractivity contribution in [1.29, 1.82) is 0 Å². The monoisotopic (exact) mass is 360 g/mol. The zero-order valence-corrected chi connectivity index (χ0v) is 18.7. The highest BCUT2D eigenvalue weighted by Gasteiger charge is 2.23. The predicted molar refractivity (Wildman–Crippen MR) is 121 cm³/mol. The molecule has 0 atom stereocenters. The zero-order chi connectivity index (χ0) is 20.2. The van der Waals surface area contributed by atoms with Crippen molar-refractivity contribution in [3.63, 3.8) is 0 Å². The summed E-state index contributed by atoms with van der Waals surface area (Å²) in [6, 6.07) is 14.3. The van der Waals surface area contributed by atoms with Crippen LogP contribution >= 0.6 is 0 Å². The SMILES string of the molecule is CC(C)(C)c1cc(C2=Cc3cc(C(C)(C)C)ccc3C2)cc(C(C)(C)C)c1. The average Bonchev–Trinajstić information content (AvgIpc) is 2.95. The van der Waals surface area contributed by atoms with Crippen molar-refractivity contribution in [2.75, 3.05) is 0 Å². The van der Waals surface area contributed by atoms with Crippen molar-refractivity contribution in [2.24, 2.45) is 0 Å². The topological polar surface area (TPSA) is 0 Å². The fourth-order valence-electron chi connectivity index (χ4n) is 3.67. The lowest BCUT2D eigenvalue weighted by atomic mass is 9.78. The van der Waals surface area contributed by atoms with Gasteiger partial charge >= 0.3 is 0 Å². The number of hydrogen-bond donors (Lipinski definition) is 0. The molecule has 0 saturated carbocycles. The highest BCUT2D eigenvalue weighted by molar-refractivity contribution is 5.89. The fraction of sp³-hybridized carbons (Fsp3) is 0.481. The minimum atomic E-state index is 0.154. The van der Waals surface area contributed by atoms with E-state index in [1.807, 2.05) is 0 Å². The molecule has 0 fully saturated rings. The van der Waals surface area contributed by atoms with E-state index in [1.165, 1.54) is 39.0 Å². The Bertz CT molecular complexity index is 855. The van der Waals surface area contributed by atoms with E-state index in [4.69, 9.17) is 0 Å². The van der Waals surface area contributed by atoms with Crippen LogP contribution in [0.25, 0.3) is 11.6 Å². The molecule has 0 spiro atoms. The van der Waals surface area contributed by atoms with Crippen LogP contribution in [0.1, 0.15) is 95.7 Å². The minimum Gasteiger partial charge on any atom is -0.0582 e. The molecule has 0 aliphatic heterocycles. The molecule has 1 aliphatic rings. The van der Waals surface area contributed by atoms with Gasteiger partial charge in [-0.15, -0.1) is 0 Å². The number of fused-ring (bicyclic) bond motifs is 1.